The van der Waals surface area contributed by atoms with Crippen molar-refractivity contribution in [2.75, 3.05) is 30.8 Å². The number of benzene rings is 1. The number of allylic oxidation sites excluding steroid dienone is 7. The fourth-order valence-corrected chi connectivity index (χ4v) is 4.85. The first-order valence-corrected chi connectivity index (χ1v) is 14.8. The number of amides is 3. The number of urea groups is 1. The monoisotopic (exact) mass is 650 g/mol. The van der Waals surface area contributed by atoms with Gasteiger partial charge in [0.25, 0.3) is 0 Å². The van der Waals surface area contributed by atoms with Gasteiger partial charge in [-0.25, -0.2) is 14.0 Å². The van der Waals surface area contributed by atoms with Crippen molar-refractivity contribution < 1.29 is 23.9 Å². The van der Waals surface area contributed by atoms with Crippen molar-refractivity contribution in [3.8, 4) is 0 Å². The van der Waals surface area contributed by atoms with Crippen LogP contribution in [0.15, 0.2) is 69.5 Å². The molecule has 3 N–H and O–H groups in total. The van der Waals surface area contributed by atoms with E-state index in [0.717, 1.165) is 27.7 Å². The number of nitrogens with zero attached hydrogens (tertiary/aromatic N) is 2. The lowest BCUT2D eigenvalue weighted by Crippen LogP contribution is -2.42. The Hall–Kier alpha value is -3.05. The molecule has 1 heterocycles. The highest BCUT2D eigenvalue weighted by atomic mass is 79.9. The van der Waals surface area contributed by atoms with E-state index in [1.807, 2.05) is 44.0 Å². The van der Waals surface area contributed by atoms with Gasteiger partial charge >= 0.3 is 12.0 Å². The molecule has 1 aliphatic rings. The molecule has 2 rings (SSSR count). The van der Waals surface area contributed by atoms with Crippen LogP contribution < -0.4 is 15.5 Å². The molecule has 3 amide bonds. The van der Waals surface area contributed by atoms with Crippen LogP contribution in [-0.2, 0) is 4.79 Å². The van der Waals surface area contributed by atoms with Crippen molar-refractivity contribution in [3.63, 3.8) is 0 Å². The van der Waals surface area contributed by atoms with Crippen LogP contribution in [0.1, 0.15) is 57.3 Å². The molecule has 0 bridgehead atoms. The number of thiol groups is 1. The zero-order valence-corrected chi connectivity index (χ0v) is 26.7. The van der Waals surface area contributed by atoms with Crippen LogP contribution >= 0.6 is 28.6 Å². The molecule has 1 fully saturated rings. The Labute approximate surface area is 256 Å². The van der Waals surface area contributed by atoms with Gasteiger partial charge in [0.2, 0.25) is 5.91 Å². The zero-order chi connectivity index (χ0) is 30.7. The van der Waals surface area contributed by atoms with Crippen LogP contribution in [0.4, 0.5) is 14.9 Å². The van der Waals surface area contributed by atoms with E-state index in [1.54, 1.807) is 30.9 Å². The molecule has 41 heavy (non-hydrogen) atoms. The first kappa shape index (κ1) is 34.2. The van der Waals surface area contributed by atoms with Gasteiger partial charge in [0.05, 0.1) is 18.2 Å². The Morgan fingerprint density at radius 2 is 1.80 bits per heavy atom. The van der Waals surface area contributed by atoms with Crippen LogP contribution in [0.5, 0.6) is 0 Å². The summed E-state index contributed by atoms with van der Waals surface area (Å²) in [4.78, 5) is 40.4. The second-order valence-electron chi connectivity index (χ2n) is 10.1. The SMILES string of the molecule is CC/C=C\C(Br)=C(/C)NC(=O)N/C(C)=C(C)/C=C(\CS)CC(=O)N1CC(F)CC1CN(C)c1ccc(C(=O)O)cc1. The Bertz CT molecular complexity index is 1230. The van der Waals surface area contributed by atoms with E-state index in [0.29, 0.717) is 23.7 Å². The number of carbonyl (C=O) groups is 3. The number of nitrogens with one attached hydrogen (secondary N) is 2. The van der Waals surface area contributed by atoms with Crippen LogP contribution in [0.2, 0.25) is 0 Å². The molecule has 0 aromatic heterocycles. The molecule has 1 aromatic rings. The van der Waals surface area contributed by atoms with Gasteiger partial charge in [-0.15, -0.1) is 0 Å². The first-order valence-electron chi connectivity index (χ1n) is 13.4. The molecule has 1 saturated heterocycles. The quantitative estimate of drug-likeness (QED) is 0.160. The van der Waals surface area contributed by atoms with Crippen molar-refractivity contribution in [2.45, 2.75) is 59.2 Å². The highest BCUT2D eigenvalue weighted by Gasteiger charge is 2.36. The van der Waals surface area contributed by atoms with E-state index in [2.05, 4.69) is 39.2 Å². The van der Waals surface area contributed by atoms with Gasteiger partial charge in [0.15, 0.2) is 0 Å². The molecule has 224 valence electrons. The van der Waals surface area contributed by atoms with E-state index >= 15 is 0 Å². The number of alkyl halides is 1. The Kier molecular flexibility index (Phi) is 13.7. The number of aromatic carboxylic acids is 1. The predicted octanol–water partition coefficient (Wildman–Crippen LogP) is 6.19. The number of likely N-dealkylation sites (N-methyl/N-ethyl adjacent to an activating group) is 1. The van der Waals surface area contributed by atoms with Crippen LogP contribution in [0.3, 0.4) is 0 Å². The summed E-state index contributed by atoms with van der Waals surface area (Å²) in [6.45, 7) is 7.87. The average molecular weight is 652 g/mol. The maximum Gasteiger partial charge on any atom is 0.335 e. The molecule has 0 aliphatic carbocycles. The number of halogens is 2. The van der Waals surface area contributed by atoms with E-state index in [4.69, 9.17) is 5.11 Å². The minimum Gasteiger partial charge on any atom is -0.478 e. The molecular formula is C30H40BrFN4O4S. The maximum atomic E-state index is 14.5. The molecule has 2 unspecified atom stereocenters. The van der Waals surface area contributed by atoms with Gasteiger partial charge in [-0.3, -0.25) is 4.79 Å². The first-order chi connectivity index (χ1) is 19.4. The van der Waals surface area contributed by atoms with Crippen LogP contribution in [-0.4, -0.2) is 66.0 Å². The van der Waals surface area contributed by atoms with Crippen molar-refractivity contribution in [3.05, 3.63) is 75.1 Å². The van der Waals surface area contributed by atoms with E-state index in [1.165, 1.54) is 12.1 Å². The summed E-state index contributed by atoms with van der Waals surface area (Å²) in [6, 6.07) is 5.73. The predicted molar refractivity (Wildman–Crippen MR) is 169 cm³/mol. The number of carboxylic acids is 1. The third-order valence-corrected chi connectivity index (χ3v) is 8.04. The number of anilines is 1. The molecule has 11 heteroatoms. The lowest BCUT2D eigenvalue weighted by atomic mass is 10.1. The normalized spacial score (nSPS) is 18.6. The minimum absolute atomic E-state index is 0.0284. The maximum absolute atomic E-state index is 14.5. The number of likely N-dealkylation sites (tertiary alicyclic amines) is 1. The fraction of sp³-hybridized carbons (Fsp3) is 0.433. The average Bonchev–Trinajstić information content (AvgIpc) is 3.30. The van der Waals surface area contributed by atoms with Crippen molar-refractivity contribution in [2.24, 2.45) is 0 Å². The van der Waals surface area contributed by atoms with E-state index < -0.39 is 12.1 Å². The second kappa shape index (κ2) is 16.4. The molecule has 0 radical (unpaired) electrons. The van der Waals surface area contributed by atoms with Gasteiger partial charge in [-0.05, 0) is 73.0 Å². The third kappa shape index (κ3) is 10.7. The number of carboxylic acid groups (broad SMARTS) is 1. The molecule has 0 saturated carbocycles. The number of rotatable bonds is 12. The summed E-state index contributed by atoms with van der Waals surface area (Å²) >= 11 is 7.84. The zero-order valence-electron chi connectivity index (χ0n) is 24.2. The summed E-state index contributed by atoms with van der Waals surface area (Å²) in [5.74, 6) is -0.864. The molecule has 1 aliphatic heterocycles. The van der Waals surface area contributed by atoms with Crippen molar-refractivity contribution in [1.29, 1.82) is 0 Å². The molecule has 8 nitrogen and oxygen atoms in total. The van der Waals surface area contributed by atoms with Gasteiger partial charge in [-0.1, -0.05) is 30.7 Å². The molecule has 0 spiro atoms. The third-order valence-electron chi connectivity index (χ3n) is 6.78. The largest absolute Gasteiger partial charge is 0.478 e. The van der Waals surface area contributed by atoms with Crippen LogP contribution in [0.25, 0.3) is 0 Å². The summed E-state index contributed by atoms with van der Waals surface area (Å²) in [7, 11) is 1.83. The van der Waals surface area contributed by atoms with Gasteiger partial charge in [0, 0.05) is 53.8 Å². The van der Waals surface area contributed by atoms with Crippen LogP contribution in [0, 0.1) is 0 Å². The van der Waals surface area contributed by atoms with Gasteiger partial charge < -0.3 is 25.5 Å². The Balaban J connectivity index is 2.07. The summed E-state index contributed by atoms with van der Waals surface area (Å²) in [6.07, 6.45) is 5.78. The van der Waals surface area contributed by atoms with E-state index in [9.17, 15) is 18.8 Å². The molecule has 2 atom stereocenters. The standard InChI is InChI=1S/C30H40BrFN4O4S/c1-6-7-8-27(31)21(4)34-30(40)33-20(3)19(2)13-22(18-41)14-28(37)36-16-24(32)15-26(36)17-35(5)25-11-9-23(10-12-25)29(38)39/h7-13,24,26,41H,6,14-18H2,1-5H3,(H,38,39)(H2,33,34,40)/b8-7-,20-19+,22-13-,27-21-. The van der Waals surface area contributed by atoms with Gasteiger partial charge in [0.1, 0.15) is 6.17 Å². The van der Waals surface area contributed by atoms with Gasteiger partial charge in [-0.2, -0.15) is 12.6 Å². The van der Waals surface area contributed by atoms with Crippen molar-refractivity contribution in [1.82, 2.24) is 15.5 Å². The lowest BCUT2D eigenvalue weighted by Gasteiger charge is -2.30. The summed E-state index contributed by atoms with van der Waals surface area (Å²) in [5, 5.41) is 14.7. The van der Waals surface area contributed by atoms with Crippen molar-refractivity contribution >= 4 is 52.2 Å². The second-order valence-corrected chi connectivity index (χ2v) is 11.2. The molecule has 1 aromatic carbocycles. The topological polar surface area (TPSA) is 102 Å². The molecular weight excluding hydrogens is 611 g/mol. The highest BCUT2D eigenvalue weighted by molar-refractivity contribution is 9.11. The van der Waals surface area contributed by atoms with E-state index in [-0.39, 0.29) is 42.9 Å². The minimum atomic E-state index is -1.11. The Morgan fingerprint density at radius 1 is 1.17 bits per heavy atom. The smallest absolute Gasteiger partial charge is 0.335 e. The summed E-state index contributed by atoms with van der Waals surface area (Å²) in [5.41, 5.74) is 3.78. The highest BCUT2D eigenvalue weighted by Crippen LogP contribution is 2.25. The fourth-order valence-electron chi connectivity index (χ4n) is 4.36. The Morgan fingerprint density at radius 3 is 2.39 bits per heavy atom. The number of hydrogen-bond donors (Lipinski definition) is 4. The lowest BCUT2D eigenvalue weighted by molar-refractivity contribution is -0.131. The number of hydrogen-bond acceptors (Lipinski definition) is 5. The number of carbonyl (C=O) groups excluding carboxylic acids is 2. The summed E-state index contributed by atoms with van der Waals surface area (Å²) < 4.78 is 15.2.